The van der Waals surface area contributed by atoms with Crippen LogP contribution in [0, 0.1) is 13.8 Å². The van der Waals surface area contributed by atoms with Gasteiger partial charge in [-0.2, -0.15) is 18.3 Å². The molecular weight excluding hydrogens is 355 g/mol. The minimum absolute atomic E-state index is 0.586. The second-order valence-corrected chi connectivity index (χ2v) is 6.37. The van der Waals surface area contributed by atoms with Gasteiger partial charge < -0.3 is 10.6 Å². The van der Waals surface area contributed by atoms with Crippen LogP contribution in [-0.4, -0.2) is 35.9 Å². The van der Waals surface area contributed by atoms with Gasteiger partial charge in [0.2, 0.25) is 0 Å². The zero-order chi connectivity index (χ0) is 19.9. The summed E-state index contributed by atoms with van der Waals surface area (Å²) in [4.78, 5) is 4.16. The maximum absolute atomic E-state index is 12.6. The molecule has 1 aromatic heterocycles. The normalized spacial score (nSPS) is 12.3. The summed E-state index contributed by atoms with van der Waals surface area (Å²) >= 11 is 0. The molecule has 5 nitrogen and oxygen atoms in total. The molecule has 27 heavy (non-hydrogen) atoms. The largest absolute Gasteiger partial charge is 0.416 e. The van der Waals surface area contributed by atoms with Crippen LogP contribution >= 0.6 is 0 Å². The quantitative estimate of drug-likeness (QED) is 0.440. The minimum Gasteiger partial charge on any atom is -0.356 e. The van der Waals surface area contributed by atoms with Crippen molar-refractivity contribution in [2.24, 2.45) is 4.99 Å². The number of aromatic nitrogens is 2. The molecule has 0 saturated carbocycles. The number of rotatable bonds is 7. The molecule has 0 atom stereocenters. The number of hydrogen-bond acceptors (Lipinski definition) is 2. The average molecular weight is 381 g/mol. The van der Waals surface area contributed by atoms with Gasteiger partial charge in [0.05, 0.1) is 11.3 Å². The van der Waals surface area contributed by atoms with Gasteiger partial charge in [-0.05, 0) is 50.5 Å². The molecule has 0 unspecified atom stereocenters. The number of halogens is 3. The van der Waals surface area contributed by atoms with E-state index in [1.54, 1.807) is 7.05 Å². The van der Waals surface area contributed by atoms with Crippen molar-refractivity contribution >= 4 is 5.96 Å². The van der Waals surface area contributed by atoms with Crippen LogP contribution in [0.4, 0.5) is 13.2 Å². The zero-order valence-corrected chi connectivity index (χ0v) is 15.9. The molecule has 0 aliphatic carbocycles. The highest BCUT2D eigenvalue weighted by Crippen LogP contribution is 2.29. The first-order valence-corrected chi connectivity index (χ1v) is 8.91. The summed E-state index contributed by atoms with van der Waals surface area (Å²) in [5.74, 6) is 0.676. The summed E-state index contributed by atoms with van der Waals surface area (Å²) in [7, 11) is 1.69. The van der Waals surface area contributed by atoms with Crippen molar-refractivity contribution in [3.63, 3.8) is 0 Å². The van der Waals surface area contributed by atoms with Crippen LogP contribution < -0.4 is 10.6 Å². The van der Waals surface area contributed by atoms with Crippen molar-refractivity contribution < 1.29 is 13.2 Å². The molecule has 0 saturated heterocycles. The molecule has 0 radical (unpaired) electrons. The van der Waals surface area contributed by atoms with Crippen molar-refractivity contribution in [1.82, 2.24) is 20.4 Å². The number of nitrogens with zero attached hydrogens (tertiary/aromatic N) is 3. The van der Waals surface area contributed by atoms with E-state index < -0.39 is 11.7 Å². The predicted molar refractivity (Wildman–Crippen MR) is 101 cm³/mol. The lowest BCUT2D eigenvalue weighted by Crippen LogP contribution is -2.39. The fraction of sp³-hybridized carbons (Fsp3) is 0.474. The lowest BCUT2D eigenvalue weighted by Gasteiger charge is -2.12. The monoisotopic (exact) mass is 381 g/mol. The molecular formula is C19H26F3N5. The van der Waals surface area contributed by atoms with Gasteiger partial charge in [0, 0.05) is 32.4 Å². The van der Waals surface area contributed by atoms with E-state index in [2.05, 4.69) is 26.8 Å². The third-order valence-electron chi connectivity index (χ3n) is 4.15. The van der Waals surface area contributed by atoms with Gasteiger partial charge in [0.25, 0.3) is 0 Å². The molecule has 0 aliphatic heterocycles. The molecule has 2 aromatic rings. The number of guanidine groups is 1. The topological polar surface area (TPSA) is 54.2 Å². The van der Waals surface area contributed by atoms with Gasteiger partial charge in [-0.1, -0.05) is 12.1 Å². The smallest absolute Gasteiger partial charge is 0.356 e. The highest BCUT2D eigenvalue weighted by Gasteiger charge is 2.29. The summed E-state index contributed by atoms with van der Waals surface area (Å²) < 4.78 is 39.7. The van der Waals surface area contributed by atoms with Crippen LogP contribution in [-0.2, 0) is 19.1 Å². The van der Waals surface area contributed by atoms with Gasteiger partial charge in [0.15, 0.2) is 5.96 Å². The van der Waals surface area contributed by atoms with E-state index in [1.807, 2.05) is 18.5 Å². The summed E-state index contributed by atoms with van der Waals surface area (Å²) in [5.41, 5.74) is 2.38. The van der Waals surface area contributed by atoms with Crippen LogP contribution in [0.1, 0.15) is 28.9 Å². The Bertz CT molecular complexity index is 748. The van der Waals surface area contributed by atoms with E-state index in [1.165, 1.54) is 12.1 Å². The van der Waals surface area contributed by atoms with E-state index in [4.69, 9.17) is 0 Å². The Morgan fingerprint density at radius 3 is 2.33 bits per heavy atom. The summed E-state index contributed by atoms with van der Waals surface area (Å²) in [5, 5.41) is 10.8. The lowest BCUT2D eigenvalue weighted by molar-refractivity contribution is -0.137. The van der Waals surface area contributed by atoms with Crippen LogP contribution in [0.5, 0.6) is 0 Å². The van der Waals surface area contributed by atoms with Crippen molar-refractivity contribution in [3.8, 4) is 0 Å². The highest BCUT2D eigenvalue weighted by atomic mass is 19.4. The molecule has 1 aromatic carbocycles. The summed E-state index contributed by atoms with van der Waals surface area (Å²) in [6, 6.07) is 7.29. The molecule has 0 bridgehead atoms. The fourth-order valence-corrected chi connectivity index (χ4v) is 2.74. The van der Waals surface area contributed by atoms with Gasteiger partial charge in [-0.15, -0.1) is 0 Å². The summed E-state index contributed by atoms with van der Waals surface area (Å²) in [6.45, 7) is 6.18. The zero-order valence-electron chi connectivity index (χ0n) is 15.9. The molecule has 0 aliphatic rings. The second kappa shape index (κ2) is 9.43. The van der Waals surface area contributed by atoms with Crippen molar-refractivity contribution in [2.45, 2.75) is 39.4 Å². The lowest BCUT2D eigenvalue weighted by atomic mass is 10.1. The number of alkyl halides is 3. The molecule has 0 spiro atoms. The second-order valence-electron chi connectivity index (χ2n) is 6.37. The van der Waals surface area contributed by atoms with E-state index in [-0.39, 0.29) is 0 Å². The molecule has 0 fully saturated rings. The van der Waals surface area contributed by atoms with Crippen LogP contribution in [0.15, 0.2) is 35.3 Å². The third-order valence-corrected chi connectivity index (χ3v) is 4.15. The Hall–Kier alpha value is -2.51. The number of aryl methyl sites for hydroxylation is 3. The van der Waals surface area contributed by atoms with Gasteiger partial charge in [0.1, 0.15) is 0 Å². The van der Waals surface area contributed by atoms with Crippen LogP contribution in [0.2, 0.25) is 0 Å². The van der Waals surface area contributed by atoms with Crippen molar-refractivity contribution in [1.29, 1.82) is 0 Å². The van der Waals surface area contributed by atoms with Crippen molar-refractivity contribution in [3.05, 3.63) is 52.8 Å². The van der Waals surface area contributed by atoms with Gasteiger partial charge in [-0.3, -0.25) is 9.67 Å². The Labute approximate surface area is 157 Å². The van der Waals surface area contributed by atoms with Crippen LogP contribution in [0.25, 0.3) is 0 Å². The maximum Gasteiger partial charge on any atom is 0.416 e. The highest BCUT2D eigenvalue weighted by molar-refractivity contribution is 5.79. The average Bonchev–Trinajstić information content (AvgIpc) is 2.94. The molecule has 8 heteroatoms. The Kier molecular flexibility index (Phi) is 7.27. The van der Waals surface area contributed by atoms with Gasteiger partial charge in [-0.25, -0.2) is 0 Å². The van der Waals surface area contributed by atoms with E-state index >= 15 is 0 Å². The first kappa shape index (κ1) is 20.8. The fourth-order valence-electron chi connectivity index (χ4n) is 2.74. The van der Waals surface area contributed by atoms with E-state index in [9.17, 15) is 13.2 Å². The molecule has 0 amide bonds. The third kappa shape index (κ3) is 6.62. The first-order valence-electron chi connectivity index (χ1n) is 8.91. The summed E-state index contributed by atoms with van der Waals surface area (Å²) in [6.07, 6.45) is -2.78. The number of hydrogen-bond donors (Lipinski definition) is 2. The first-order chi connectivity index (χ1) is 12.8. The van der Waals surface area contributed by atoms with E-state index in [0.29, 0.717) is 18.9 Å². The molecule has 2 rings (SSSR count). The number of benzene rings is 1. The van der Waals surface area contributed by atoms with Crippen LogP contribution in [0.3, 0.4) is 0 Å². The predicted octanol–water partition coefficient (Wildman–Crippen LogP) is 3.32. The Morgan fingerprint density at radius 2 is 1.78 bits per heavy atom. The number of nitrogens with one attached hydrogen (secondary N) is 2. The maximum atomic E-state index is 12.6. The standard InChI is InChI=1S/C19H26F3N5/c1-14-13-15(2)27(26-14)12-4-10-24-18(23-3)25-11-9-16-5-7-17(8-6-16)19(20,21)22/h5-8,13H,4,9-12H2,1-3H3,(H2,23,24,25). The van der Waals surface area contributed by atoms with Crippen molar-refractivity contribution in [2.75, 3.05) is 20.1 Å². The molecule has 2 N–H and O–H groups in total. The molecule has 1 heterocycles. The Balaban J connectivity index is 1.69. The van der Waals surface area contributed by atoms with Gasteiger partial charge >= 0.3 is 6.18 Å². The minimum atomic E-state index is -4.30. The number of aliphatic imine (C=N–C) groups is 1. The SMILES string of the molecule is CN=C(NCCCn1nc(C)cc1C)NCCc1ccc(C(F)(F)F)cc1. The van der Waals surface area contributed by atoms with E-state index in [0.717, 1.165) is 48.6 Å². The Morgan fingerprint density at radius 1 is 1.11 bits per heavy atom. The molecule has 148 valence electrons.